The van der Waals surface area contributed by atoms with Crippen LogP contribution >= 0.6 is 0 Å². The van der Waals surface area contributed by atoms with E-state index in [1.165, 1.54) is 6.20 Å². The monoisotopic (exact) mass is 198 g/mol. The smallest absolute Gasteiger partial charge is 0.308 e. The predicted octanol–water partition coefficient (Wildman–Crippen LogP) is 0.661. The summed E-state index contributed by atoms with van der Waals surface area (Å²) in [6.45, 7) is 3.20. The summed E-state index contributed by atoms with van der Waals surface area (Å²) in [5.41, 5.74) is 0.695. The van der Waals surface area contributed by atoms with Gasteiger partial charge in [-0.3, -0.25) is 14.8 Å². The highest BCUT2D eigenvalue weighted by molar-refractivity contribution is 5.31. The first-order valence-corrected chi connectivity index (χ1v) is 4.34. The quantitative estimate of drug-likeness (QED) is 0.526. The number of hydrogen-bond donors (Lipinski definition) is 0. The molecule has 1 rings (SSSR count). The van der Waals surface area contributed by atoms with E-state index >= 15 is 0 Å². The van der Waals surface area contributed by atoms with Crippen LogP contribution in [-0.2, 0) is 6.54 Å². The Hall–Kier alpha value is -1.43. The fourth-order valence-electron chi connectivity index (χ4n) is 1.14. The van der Waals surface area contributed by atoms with Crippen molar-refractivity contribution in [2.24, 2.45) is 0 Å². The zero-order valence-electron chi connectivity index (χ0n) is 8.60. The molecule has 0 atom stereocenters. The Morgan fingerprint density at radius 2 is 2.29 bits per heavy atom. The van der Waals surface area contributed by atoms with E-state index in [0.29, 0.717) is 12.2 Å². The summed E-state index contributed by atoms with van der Waals surface area (Å²) < 4.78 is 1.65. The van der Waals surface area contributed by atoms with Gasteiger partial charge in [-0.2, -0.15) is 5.10 Å². The molecule has 1 heterocycles. The van der Waals surface area contributed by atoms with E-state index in [4.69, 9.17) is 0 Å². The maximum atomic E-state index is 10.5. The Balaban J connectivity index is 2.74. The van der Waals surface area contributed by atoms with Crippen LogP contribution in [0.4, 0.5) is 5.69 Å². The van der Waals surface area contributed by atoms with Crippen LogP contribution in [0.15, 0.2) is 6.20 Å². The van der Waals surface area contributed by atoms with E-state index < -0.39 is 4.92 Å². The van der Waals surface area contributed by atoms with Gasteiger partial charge in [0, 0.05) is 6.54 Å². The van der Waals surface area contributed by atoms with Crippen molar-refractivity contribution in [3.05, 3.63) is 22.0 Å². The molecule has 14 heavy (non-hydrogen) atoms. The number of aromatic nitrogens is 2. The first-order chi connectivity index (χ1) is 6.52. The van der Waals surface area contributed by atoms with Crippen molar-refractivity contribution < 1.29 is 4.92 Å². The fourth-order valence-corrected chi connectivity index (χ4v) is 1.14. The van der Waals surface area contributed by atoms with E-state index in [1.807, 2.05) is 19.0 Å². The minimum Gasteiger partial charge on any atom is -0.308 e. The van der Waals surface area contributed by atoms with Gasteiger partial charge >= 0.3 is 5.69 Å². The molecule has 6 nitrogen and oxygen atoms in total. The Labute approximate surface area is 82.3 Å². The molecule has 0 fully saturated rings. The summed E-state index contributed by atoms with van der Waals surface area (Å²) in [7, 11) is 3.90. The third kappa shape index (κ3) is 2.29. The molecule has 6 heteroatoms. The first-order valence-electron chi connectivity index (χ1n) is 4.34. The molecule has 0 aromatic carbocycles. The van der Waals surface area contributed by atoms with Gasteiger partial charge in [-0.05, 0) is 21.0 Å². The second-order valence-electron chi connectivity index (χ2n) is 3.40. The van der Waals surface area contributed by atoms with Crippen molar-refractivity contribution in [2.45, 2.75) is 13.5 Å². The number of nitrogens with zero attached hydrogens (tertiary/aromatic N) is 4. The average Bonchev–Trinajstić information content (AvgIpc) is 2.43. The summed E-state index contributed by atoms with van der Waals surface area (Å²) in [5, 5.41) is 14.5. The lowest BCUT2D eigenvalue weighted by Gasteiger charge is -2.09. The van der Waals surface area contributed by atoms with Crippen molar-refractivity contribution in [1.29, 1.82) is 0 Å². The summed E-state index contributed by atoms with van der Waals surface area (Å²) in [5.74, 6) is 0. The predicted molar refractivity (Wildman–Crippen MR) is 52.2 cm³/mol. The van der Waals surface area contributed by atoms with Gasteiger partial charge in [-0.1, -0.05) is 0 Å². The van der Waals surface area contributed by atoms with E-state index in [-0.39, 0.29) is 5.69 Å². The number of hydrogen-bond acceptors (Lipinski definition) is 4. The molecule has 1 aromatic heterocycles. The Morgan fingerprint density at radius 1 is 1.64 bits per heavy atom. The van der Waals surface area contributed by atoms with Crippen LogP contribution in [-0.4, -0.2) is 40.2 Å². The highest BCUT2D eigenvalue weighted by atomic mass is 16.6. The number of likely N-dealkylation sites (N-methyl/N-ethyl adjacent to an activating group) is 1. The third-order valence-corrected chi connectivity index (χ3v) is 2.03. The Morgan fingerprint density at radius 3 is 2.71 bits per heavy atom. The molecule has 0 aliphatic carbocycles. The van der Waals surface area contributed by atoms with Crippen LogP contribution in [0.3, 0.4) is 0 Å². The van der Waals surface area contributed by atoms with Crippen LogP contribution in [0.1, 0.15) is 5.69 Å². The van der Waals surface area contributed by atoms with Gasteiger partial charge in [-0.15, -0.1) is 0 Å². The van der Waals surface area contributed by atoms with Crippen LogP contribution < -0.4 is 0 Å². The van der Waals surface area contributed by atoms with E-state index in [2.05, 4.69) is 5.10 Å². The summed E-state index contributed by atoms with van der Waals surface area (Å²) in [4.78, 5) is 12.1. The highest BCUT2D eigenvalue weighted by Crippen LogP contribution is 2.15. The molecule has 0 saturated carbocycles. The van der Waals surface area contributed by atoms with Crippen molar-refractivity contribution >= 4 is 5.69 Å². The molecule has 0 aliphatic rings. The molecular weight excluding hydrogens is 184 g/mol. The zero-order valence-corrected chi connectivity index (χ0v) is 8.60. The number of nitro groups is 1. The van der Waals surface area contributed by atoms with E-state index in [9.17, 15) is 10.1 Å². The maximum absolute atomic E-state index is 10.5. The molecule has 1 aromatic rings. The zero-order chi connectivity index (χ0) is 10.7. The van der Waals surface area contributed by atoms with Crippen LogP contribution in [0.2, 0.25) is 0 Å². The van der Waals surface area contributed by atoms with Crippen LogP contribution in [0.5, 0.6) is 0 Å². The molecule has 0 radical (unpaired) electrons. The van der Waals surface area contributed by atoms with Gasteiger partial charge in [0.1, 0.15) is 11.9 Å². The first kappa shape index (κ1) is 10.6. The maximum Gasteiger partial charge on any atom is 0.309 e. The SMILES string of the molecule is Cc1c([N+](=O)[O-])cnn1CCN(C)C. The molecule has 0 saturated heterocycles. The minimum atomic E-state index is -0.408. The highest BCUT2D eigenvalue weighted by Gasteiger charge is 2.15. The normalized spacial score (nSPS) is 10.9. The fraction of sp³-hybridized carbons (Fsp3) is 0.625. The Bertz CT molecular complexity index is 332. The van der Waals surface area contributed by atoms with Crippen molar-refractivity contribution in [3.63, 3.8) is 0 Å². The molecular formula is C8H14N4O2. The van der Waals surface area contributed by atoms with Crippen molar-refractivity contribution in [3.8, 4) is 0 Å². The third-order valence-electron chi connectivity index (χ3n) is 2.03. The summed E-state index contributed by atoms with van der Waals surface area (Å²) >= 11 is 0. The topological polar surface area (TPSA) is 64.2 Å². The van der Waals surface area contributed by atoms with Crippen molar-refractivity contribution in [2.75, 3.05) is 20.6 Å². The lowest BCUT2D eigenvalue weighted by molar-refractivity contribution is -0.385. The van der Waals surface area contributed by atoms with E-state index in [1.54, 1.807) is 11.6 Å². The number of rotatable bonds is 4. The van der Waals surface area contributed by atoms with E-state index in [0.717, 1.165) is 6.54 Å². The van der Waals surface area contributed by atoms with Crippen LogP contribution in [0.25, 0.3) is 0 Å². The molecule has 0 amide bonds. The van der Waals surface area contributed by atoms with Gasteiger partial charge in [0.15, 0.2) is 0 Å². The molecule has 0 aliphatic heterocycles. The summed E-state index contributed by atoms with van der Waals surface area (Å²) in [6, 6.07) is 0. The summed E-state index contributed by atoms with van der Waals surface area (Å²) in [6.07, 6.45) is 1.30. The second kappa shape index (κ2) is 4.19. The molecule has 0 N–H and O–H groups in total. The average molecular weight is 198 g/mol. The van der Waals surface area contributed by atoms with Gasteiger partial charge in [-0.25, -0.2) is 0 Å². The molecule has 0 spiro atoms. The second-order valence-corrected chi connectivity index (χ2v) is 3.40. The molecule has 78 valence electrons. The van der Waals surface area contributed by atoms with Crippen LogP contribution in [0, 0.1) is 17.0 Å². The standard InChI is InChI=1S/C8H14N4O2/c1-7-8(12(13)14)6-9-11(7)5-4-10(2)3/h6H,4-5H2,1-3H3. The van der Waals surface area contributed by atoms with Gasteiger partial charge in [0.25, 0.3) is 0 Å². The minimum absolute atomic E-state index is 0.0868. The molecule has 0 unspecified atom stereocenters. The van der Waals surface area contributed by atoms with Crippen molar-refractivity contribution in [1.82, 2.24) is 14.7 Å². The largest absolute Gasteiger partial charge is 0.309 e. The van der Waals surface area contributed by atoms with Gasteiger partial charge in [0.05, 0.1) is 11.5 Å². The van der Waals surface area contributed by atoms with Gasteiger partial charge < -0.3 is 4.90 Å². The Kier molecular flexibility index (Phi) is 3.19. The lowest BCUT2D eigenvalue weighted by atomic mass is 10.4. The lowest BCUT2D eigenvalue weighted by Crippen LogP contribution is -2.19. The molecule has 0 bridgehead atoms. The van der Waals surface area contributed by atoms with Gasteiger partial charge in [0.2, 0.25) is 0 Å².